The average Bonchev–Trinajstić information content (AvgIpc) is 2.55. The van der Waals surface area contributed by atoms with E-state index in [0.29, 0.717) is 38.3 Å². The Hall–Kier alpha value is -2.36. The molecule has 1 aliphatic rings. The van der Waals surface area contributed by atoms with E-state index in [9.17, 15) is 9.18 Å². The van der Waals surface area contributed by atoms with Gasteiger partial charge in [-0.3, -0.25) is 4.79 Å². The first-order valence-electron chi connectivity index (χ1n) is 7.45. The van der Waals surface area contributed by atoms with Crippen LogP contribution in [0.1, 0.15) is 18.4 Å². The minimum atomic E-state index is -0.320. The lowest BCUT2D eigenvalue weighted by molar-refractivity contribution is -0.119. The van der Waals surface area contributed by atoms with Crippen LogP contribution in [-0.2, 0) is 11.4 Å². The highest BCUT2D eigenvalue weighted by Crippen LogP contribution is 2.31. The number of hydrogen-bond acceptors (Lipinski definition) is 3. The molecule has 0 aromatic heterocycles. The molecule has 1 heterocycles. The molecule has 2 aromatic rings. The van der Waals surface area contributed by atoms with E-state index in [2.05, 4.69) is 4.90 Å². The number of ketones is 1. The number of hydrogen-bond donors (Lipinski definition) is 0. The van der Waals surface area contributed by atoms with Gasteiger partial charge >= 0.3 is 0 Å². The molecule has 0 unspecified atom stereocenters. The van der Waals surface area contributed by atoms with Crippen molar-refractivity contribution in [1.82, 2.24) is 0 Å². The summed E-state index contributed by atoms with van der Waals surface area (Å²) in [6.45, 7) is 1.71. The van der Waals surface area contributed by atoms with E-state index >= 15 is 0 Å². The average molecular weight is 299 g/mol. The molecule has 0 bridgehead atoms. The zero-order valence-electron chi connectivity index (χ0n) is 12.3. The number of piperidine rings is 1. The molecule has 0 amide bonds. The van der Waals surface area contributed by atoms with Crippen LogP contribution in [-0.4, -0.2) is 18.9 Å². The third-order valence-electron chi connectivity index (χ3n) is 3.82. The molecule has 1 saturated heterocycles. The Balaban J connectivity index is 1.77. The molecule has 3 nitrogen and oxygen atoms in total. The van der Waals surface area contributed by atoms with Crippen molar-refractivity contribution in [3.63, 3.8) is 0 Å². The summed E-state index contributed by atoms with van der Waals surface area (Å²) in [5, 5.41) is 0. The topological polar surface area (TPSA) is 29.5 Å². The molecular formula is C18H18FNO2. The Labute approximate surface area is 129 Å². The van der Waals surface area contributed by atoms with Crippen LogP contribution in [0.15, 0.2) is 48.5 Å². The van der Waals surface area contributed by atoms with Gasteiger partial charge in [0.2, 0.25) is 0 Å². The number of ether oxygens (including phenoxy) is 1. The first-order valence-corrected chi connectivity index (χ1v) is 7.45. The highest BCUT2D eigenvalue weighted by Gasteiger charge is 2.19. The smallest absolute Gasteiger partial charge is 0.146 e. The fraction of sp³-hybridized carbons (Fsp3) is 0.278. The van der Waals surface area contributed by atoms with Crippen LogP contribution in [0.25, 0.3) is 0 Å². The van der Waals surface area contributed by atoms with E-state index in [1.807, 2.05) is 30.3 Å². The molecular weight excluding hydrogens is 281 g/mol. The van der Waals surface area contributed by atoms with Crippen molar-refractivity contribution < 1.29 is 13.9 Å². The summed E-state index contributed by atoms with van der Waals surface area (Å²) in [6.07, 6.45) is 1.07. The molecule has 1 aliphatic heterocycles. The maximum Gasteiger partial charge on any atom is 0.146 e. The van der Waals surface area contributed by atoms with Crippen LogP contribution in [0.3, 0.4) is 0 Å². The Morgan fingerprint density at radius 1 is 1.05 bits per heavy atom. The van der Waals surface area contributed by atoms with Crippen LogP contribution < -0.4 is 9.64 Å². The van der Waals surface area contributed by atoms with Crippen LogP contribution >= 0.6 is 0 Å². The van der Waals surface area contributed by atoms with Crippen molar-refractivity contribution in [2.24, 2.45) is 0 Å². The summed E-state index contributed by atoms with van der Waals surface area (Å²) in [5.41, 5.74) is 1.89. The van der Waals surface area contributed by atoms with Crippen molar-refractivity contribution >= 4 is 11.5 Å². The number of rotatable bonds is 4. The molecule has 2 aromatic carbocycles. The van der Waals surface area contributed by atoms with E-state index in [4.69, 9.17) is 4.74 Å². The van der Waals surface area contributed by atoms with Crippen LogP contribution in [0.4, 0.5) is 10.1 Å². The minimum absolute atomic E-state index is 0.283. The summed E-state index contributed by atoms with van der Waals surface area (Å²) in [7, 11) is 0. The largest absolute Gasteiger partial charge is 0.487 e. The third kappa shape index (κ3) is 3.45. The fourth-order valence-corrected chi connectivity index (χ4v) is 2.60. The molecule has 22 heavy (non-hydrogen) atoms. The molecule has 0 aliphatic carbocycles. The molecule has 0 radical (unpaired) electrons. The maximum atomic E-state index is 13.5. The molecule has 0 atom stereocenters. The normalized spacial score (nSPS) is 15.0. The van der Waals surface area contributed by atoms with E-state index < -0.39 is 0 Å². The van der Waals surface area contributed by atoms with Crippen LogP contribution in [0.2, 0.25) is 0 Å². The fourth-order valence-electron chi connectivity index (χ4n) is 2.60. The molecule has 3 rings (SSSR count). The highest BCUT2D eigenvalue weighted by molar-refractivity contribution is 5.81. The van der Waals surface area contributed by atoms with Gasteiger partial charge in [0, 0.05) is 32.0 Å². The lowest BCUT2D eigenvalue weighted by Crippen LogP contribution is -2.34. The van der Waals surface area contributed by atoms with E-state index in [1.165, 1.54) is 12.1 Å². The zero-order chi connectivity index (χ0) is 15.4. The molecule has 0 saturated carbocycles. The van der Waals surface area contributed by atoms with Crippen molar-refractivity contribution in [3.8, 4) is 5.75 Å². The Morgan fingerprint density at radius 2 is 1.77 bits per heavy atom. The monoisotopic (exact) mass is 299 g/mol. The molecule has 4 heteroatoms. The number of halogens is 1. The zero-order valence-corrected chi connectivity index (χ0v) is 12.3. The molecule has 0 spiro atoms. The minimum Gasteiger partial charge on any atom is -0.487 e. The standard InChI is InChI=1S/C18H18FNO2/c19-15-6-7-17(20-10-8-16(21)9-11-20)18(12-15)22-13-14-4-2-1-3-5-14/h1-7,12H,8-11,13H2. The van der Waals surface area contributed by atoms with Gasteiger partial charge in [-0.05, 0) is 17.7 Å². The summed E-state index contributed by atoms with van der Waals surface area (Å²) in [5.74, 6) is 0.489. The lowest BCUT2D eigenvalue weighted by Gasteiger charge is -2.29. The first kappa shape index (κ1) is 14.6. The van der Waals surface area contributed by atoms with Crippen molar-refractivity contribution in [3.05, 3.63) is 59.9 Å². The second-order valence-corrected chi connectivity index (χ2v) is 5.41. The number of carbonyl (C=O) groups excluding carboxylic acids is 1. The summed E-state index contributed by atoms with van der Waals surface area (Å²) < 4.78 is 19.4. The maximum absolute atomic E-state index is 13.5. The Kier molecular flexibility index (Phi) is 4.37. The number of benzene rings is 2. The number of anilines is 1. The van der Waals surface area contributed by atoms with Crippen LogP contribution in [0.5, 0.6) is 5.75 Å². The summed E-state index contributed by atoms with van der Waals surface area (Å²) in [6, 6.07) is 14.4. The van der Waals surface area contributed by atoms with E-state index in [1.54, 1.807) is 6.07 Å². The molecule has 0 N–H and O–H groups in total. The Morgan fingerprint density at radius 3 is 2.50 bits per heavy atom. The van der Waals surface area contributed by atoms with Gasteiger partial charge in [-0.2, -0.15) is 0 Å². The second-order valence-electron chi connectivity index (χ2n) is 5.41. The third-order valence-corrected chi connectivity index (χ3v) is 3.82. The van der Waals surface area contributed by atoms with E-state index in [-0.39, 0.29) is 11.6 Å². The van der Waals surface area contributed by atoms with Gasteiger partial charge < -0.3 is 9.64 Å². The van der Waals surface area contributed by atoms with Crippen molar-refractivity contribution in [1.29, 1.82) is 0 Å². The summed E-state index contributed by atoms with van der Waals surface area (Å²) in [4.78, 5) is 13.5. The molecule has 1 fully saturated rings. The van der Waals surface area contributed by atoms with Gasteiger partial charge in [0.05, 0.1) is 5.69 Å². The predicted molar refractivity (Wildman–Crippen MR) is 83.6 cm³/mol. The van der Waals surface area contributed by atoms with Crippen molar-refractivity contribution in [2.45, 2.75) is 19.4 Å². The summed E-state index contributed by atoms with van der Waals surface area (Å²) >= 11 is 0. The quantitative estimate of drug-likeness (QED) is 0.864. The van der Waals surface area contributed by atoms with E-state index in [0.717, 1.165) is 11.3 Å². The highest BCUT2D eigenvalue weighted by atomic mass is 19.1. The van der Waals surface area contributed by atoms with Gasteiger partial charge in [-0.1, -0.05) is 30.3 Å². The number of Topliss-reactive ketones (excluding diaryl/α,β-unsaturated/α-hetero) is 1. The Bertz CT molecular complexity index is 647. The SMILES string of the molecule is O=C1CCN(c2ccc(F)cc2OCc2ccccc2)CC1. The first-order chi connectivity index (χ1) is 10.7. The van der Waals surface area contributed by atoms with Gasteiger partial charge in [-0.25, -0.2) is 4.39 Å². The van der Waals surface area contributed by atoms with Crippen molar-refractivity contribution in [2.75, 3.05) is 18.0 Å². The second kappa shape index (κ2) is 6.60. The van der Waals surface area contributed by atoms with Gasteiger partial charge in [0.1, 0.15) is 24.0 Å². The van der Waals surface area contributed by atoms with Gasteiger partial charge in [-0.15, -0.1) is 0 Å². The molecule has 114 valence electrons. The van der Waals surface area contributed by atoms with Crippen LogP contribution in [0, 0.1) is 5.82 Å². The number of carbonyl (C=O) groups is 1. The lowest BCUT2D eigenvalue weighted by atomic mass is 10.1. The van der Waals surface area contributed by atoms with Gasteiger partial charge in [0.15, 0.2) is 0 Å². The number of nitrogens with zero attached hydrogens (tertiary/aromatic N) is 1. The van der Waals surface area contributed by atoms with Gasteiger partial charge in [0.25, 0.3) is 0 Å². The predicted octanol–water partition coefficient (Wildman–Crippen LogP) is 3.57.